The summed E-state index contributed by atoms with van der Waals surface area (Å²) in [5.41, 5.74) is 3.24. The minimum atomic E-state index is 0.230. The maximum atomic E-state index is 3.57. The summed E-state index contributed by atoms with van der Waals surface area (Å²) < 4.78 is 0. The summed E-state index contributed by atoms with van der Waals surface area (Å²) >= 11 is 0. The van der Waals surface area contributed by atoms with Gasteiger partial charge >= 0.3 is 0 Å². The Morgan fingerprint density at radius 1 is 1.17 bits per heavy atom. The molecule has 1 aliphatic heterocycles. The molecule has 0 radical (unpaired) electrons. The summed E-state index contributed by atoms with van der Waals surface area (Å²) in [4.78, 5) is 2.58. The average molecular weight is 246 g/mol. The van der Waals surface area contributed by atoms with Gasteiger partial charge in [-0.25, -0.2) is 0 Å². The Kier molecular flexibility index (Phi) is 4.08. The summed E-state index contributed by atoms with van der Waals surface area (Å²) in [6, 6.07) is 9.46. The van der Waals surface area contributed by atoms with Crippen molar-refractivity contribution in [2.75, 3.05) is 6.54 Å². The van der Waals surface area contributed by atoms with E-state index >= 15 is 0 Å². The molecule has 0 aromatic heterocycles. The van der Waals surface area contributed by atoms with Crippen LogP contribution >= 0.6 is 0 Å². The van der Waals surface area contributed by atoms with Crippen molar-refractivity contribution in [1.82, 2.24) is 10.2 Å². The summed E-state index contributed by atoms with van der Waals surface area (Å²) in [7, 11) is 0. The molecule has 0 amide bonds. The minimum absolute atomic E-state index is 0.230. The van der Waals surface area contributed by atoms with Crippen molar-refractivity contribution < 1.29 is 0 Å². The molecule has 2 rings (SSSR count). The van der Waals surface area contributed by atoms with Crippen LogP contribution in [0.2, 0.25) is 0 Å². The van der Waals surface area contributed by atoms with Gasteiger partial charge in [0.2, 0.25) is 0 Å². The fraction of sp³-hybridized carbons (Fsp3) is 0.625. The van der Waals surface area contributed by atoms with Gasteiger partial charge < -0.3 is 5.32 Å². The molecule has 2 heteroatoms. The van der Waals surface area contributed by atoms with E-state index in [0.717, 1.165) is 19.6 Å². The third-order valence-corrected chi connectivity index (χ3v) is 3.71. The van der Waals surface area contributed by atoms with Crippen LogP contribution in [0.15, 0.2) is 24.3 Å². The molecule has 2 nitrogen and oxygen atoms in total. The third kappa shape index (κ3) is 3.56. The van der Waals surface area contributed by atoms with Crippen molar-refractivity contribution in [2.24, 2.45) is 0 Å². The van der Waals surface area contributed by atoms with Gasteiger partial charge in [-0.15, -0.1) is 0 Å². The van der Waals surface area contributed by atoms with Crippen molar-refractivity contribution in [3.8, 4) is 0 Å². The molecule has 0 saturated heterocycles. The van der Waals surface area contributed by atoms with Crippen LogP contribution in [0, 0.1) is 0 Å². The lowest BCUT2D eigenvalue weighted by atomic mass is 10.1. The summed E-state index contributed by atoms with van der Waals surface area (Å²) in [6.45, 7) is 12.4. The fourth-order valence-electron chi connectivity index (χ4n) is 2.51. The molecule has 0 aliphatic carbocycles. The SMILES string of the molecule is CC(CCNC(C)(C)C)N1Cc2ccccc2C1. The van der Waals surface area contributed by atoms with Crippen LogP contribution < -0.4 is 5.32 Å². The topological polar surface area (TPSA) is 15.3 Å². The molecular formula is C16H26N2. The summed E-state index contributed by atoms with van der Waals surface area (Å²) in [5.74, 6) is 0. The quantitative estimate of drug-likeness (QED) is 0.878. The van der Waals surface area contributed by atoms with Gasteiger partial charge in [0.1, 0.15) is 0 Å². The monoisotopic (exact) mass is 246 g/mol. The second-order valence-electron chi connectivity index (χ2n) is 6.49. The second kappa shape index (κ2) is 5.41. The number of rotatable bonds is 4. The van der Waals surface area contributed by atoms with Crippen molar-refractivity contribution in [3.63, 3.8) is 0 Å². The summed E-state index contributed by atoms with van der Waals surface area (Å²) in [5, 5.41) is 3.57. The van der Waals surface area contributed by atoms with E-state index in [0.29, 0.717) is 6.04 Å². The maximum Gasteiger partial charge on any atom is 0.0243 e. The molecular weight excluding hydrogens is 220 g/mol. The van der Waals surface area contributed by atoms with Gasteiger partial charge in [-0.1, -0.05) is 24.3 Å². The predicted octanol–water partition coefficient (Wildman–Crippen LogP) is 3.17. The average Bonchev–Trinajstić information content (AvgIpc) is 2.70. The smallest absolute Gasteiger partial charge is 0.0243 e. The first-order chi connectivity index (χ1) is 8.46. The standard InChI is InChI=1S/C16H26N2/c1-13(9-10-17-16(2,3)4)18-11-14-7-5-6-8-15(14)12-18/h5-8,13,17H,9-12H2,1-4H3. The number of nitrogens with zero attached hydrogens (tertiary/aromatic N) is 1. The summed E-state index contributed by atoms with van der Waals surface area (Å²) in [6.07, 6.45) is 1.21. The lowest BCUT2D eigenvalue weighted by Gasteiger charge is -2.26. The predicted molar refractivity (Wildman–Crippen MR) is 77.5 cm³/mol. The van der Waals surface area contributed by atoms with Crippen LogP contribution in [0.5, 0.6) is 0 Å². The molecule has 1 aliphatic rings. The highest BCUT2D eigenvalue weighted by Crippen LogP contribution is 2.24. The molecule has 1 aromatic carbocycles. The van der Waals surface area contributed by atoms with Crippen LogP contribution in [0.3, 0.4) is 0 Å². The Hall–Kier alpha value is -0.860. The molecule has 0 saturated carbocycles. The molecule has 100 valence electrons. The Bertz CT molecular complexity index is 367. The van der Waals surface area contributed by atoms with E-state index in [2.05, 4.69) is 62.2 Å². The Labute approximate surface area is 111 Å². The highest BCUT2D eigenvalue weighted by atomic mass is 15.2. The fourth-order valence-corrected chi connectivity index (χ4v) is 2.51. The van der Waals surface area contributed by atoms with Crippen LogP contribution in [-0.2, 0) is 13.1 Å². The molecule has 1 aromatic rings. The van der Waals surface area contributed by atoms with Crippen LogP contribution in [0.1, 0.15) is 45.2 Å². The minimum Gasteiger partial charge on any atom is -0.312 e. The van der Waals surface area contributed by atoms with Gasteiger partial charge in [0.15, 0.2) is 0 Å². The van der Waals surface area contributed by atoms with Crippen molar-refractivity contribution in [1.29, 1.82) is 0 Å². The van der Waals surface area contributed by atoms with Crippen molar-refractivity contribution in [3.05, 3.63) is 35.4 Å². The normalized spacial score (nSPS) is 17.8. The lowest BCUT2D eigenvalue weighted by Crippen LogP contribution is -2.39. The van der Waals surface area contributed by atoms with E-state index in [1.807, 2.05) is 0 Å². The van der Waals surface area contributed by atoms with Gasteiger partial charge in [0.05, 0.1) is 0 Å². The number of benzene rings is 1. The lowest BCUT2D eigenvalue weighted by molar-refractivity contribution is 0.198. The first-order valence-corrected chi connectivity index (χ1v) is 7.01. The molecule has 1 heterocycles. The Balaban J connectivity index is 1.81. The van der Waals surface area contributed by atoms with E-state index in [1.165, 1.54) is 17.5 Å². The van der Waals surface area contributed by atoms with E-state index in [9.17, 15) is 0 Å². The highest BCUT2D eigenvalue weighted by molar-refractivity contribution is 5.30. The highest BCUT2D eigenvalue weighted by Gasteiger charge is 2.22. The molecule has 1 unspecified atom stereocenters. The third-order valence-electron chi connectivity index (χ3n) is 3.71. The van der Waals surface area contributed by atoms with Gasteiger partial charge in [0.25, 0.3) is 0 Å². The van der Waals surface area contributed by atoms with E-state index in [1.54, 1.807) is 0 Å². The molecule has 0 spiro atoms. The van der Waals surface area contributed by atoms with Crippen molar-refractivity contribution >= 4 is 0 Å². The van der Waals surface area contributed by atoms with Gasteiger partial charge in [-0.3, -0.25) is 4.90 Å². The largest absolute Gasteiger partial charge is 0.312 e. The van der Waals surface area contributed by atoms with E-state index < -0.39 is 0 Å². The zero-order chi connectivity index (χ0) is 13.2. The van der Waals surface area contributed by atoms with E-state index in [-0.39, 0.29) is 5.54 Å². The van der Waals surface area contributed by atoms with Gasteiger partial charge in [-0.2, -0.15) is 0 Å². The molecule has 18 heavy (non-hydrogen) atoms. The number of fused-ring (bicyclic) bond motifs is 1. The Morgan fingerprint density at radius 2 is 1.72 bits per heavy atom. The molecule has 1 atom stereocenters. The molecule has 0 fully saturated rings. The van der Waals surface area contributed by atoms with Crippen LogP contribution in [0.4, 0.5) is 0 Å². The number of nitrogens with one attached hydrogen (secondary N) is 1. The van der Waals surface area contributed by atoms with Crippen LogP contribution in [-0.4, -0.2) is 23.0 Å². The zero-order valence-electron chi connectivity index (χ0n) is 12.2. The van der Waals surface area contributed by atoms with Crippen LogP contribution in [0.25, 0.3) is 0 Å². The first kappa shape index (κ1) is 13.6. The number of hydrogen-bond donors (Lipinski definition) is 1. The Morgan fingerprint density at radius 3 is 2.22 bits per heavy atom. The maximum absolute atomic E-state index is 3.57. The van der Waals surface area contributed by atoms with E-state index in [4.69, 9.17) is 0 Å². The molecule has 1 N–H and O–H groups in total. The molecule has 0 bridgehead atoms. The second-order valence-corrected chi connectivity index (χ2v) is 6.49. The zero-order valence-corrected chi connectivity index (χ0v) is 12.2. The van der Waals surface area contributed by atoms with Gasteiger partial charge in [0, 0.05) is 24.7 Å². The first-order valence-electron chi connectivity index (χ1n) is 7.01. The van der Waals surface area contributed by atoms with Gasteiger partial charge in [-0.05, 0) is 51.8 Å². The number of hydrogen-bond acceptors (Lipinski definition) is 2. The van der Waals surface area contributed by atoms with Crippen molar-refractivity contribution in [2.45, 2.75) is 58.8 Å².